The first-order chi connectivity index (χ1) is 18.4. The van der Waals surface area contributed by atoms with E-state index in [1.165, 1.54) is 12.1 Å². The minimum Gasteiger partial charge on any atom is -0.474 e. The molecule has 0 aliphatic carbocycles. The number of benzene rings is 3. The van der Waals surface area contributed by atoms with E-state index in [0.717, 1.165) is 23.1 Å². The molecule has 1 fully saturated rings. The third kappa shape index (κ3) is 6.01. The van der Waals surface area contributed by atoms with Crippen molar-refractivity contribution in [2.24, 2.45) is 5.92 Å². The number of rotatable bonds is 6. The molecule has 1 aliphatic heterocycles. The molecule has 1 aliphatic rings. The number of amides is 1. The van der Waals surface area contributed by atoms with Gasteiger partial charge in [-0.1, -0.05) is 59.6 Å². The van der Waals surface area contributed by atoms with Crippen molar-refractivity contribution in [1.29, 1.82) is 0 Å². The van der Waals surface area contributed by atoms with Gasteiger partial charge in [-0.25, -0.2) is 9.37 Å². The Balaban J connectivity index is 1.34. The van der Waals surface area contributed by atoms with Gasteiger partial charge in [0.05, 0.1) is 5.02 Å². The van der Waals surface area contributed by atoms with Crippen LogP contribution in [0.15, 0.2) is 91.1 Å². The molecular weight excluding hydrogens is 522 g/mol. The Kier molecular flexibility index (Phi) is 7.96. The molecule has 1 saturated heterocycles. The zero-order chi connectivity index (χ0) is 26.6. The van der Waals surface area contributed by atoms with Crippen LogP contribution >= 0.6 is 23.2 Å². The fourth-order valence-electron chi connectivity index (χ4n) is 5.12. The van der Waals surface area contributed by atoms with E-state index in [4.69, 9.17) is 27.9 Å². The number of hydrogen-bond acceptors (Lipinski definition) is 3. The minimum atomic E-state index is -0.275. The van der Waals surface area contributed by atoms with Crippen LogP contribution < -0.4 is 4.74 Å². The lowest BCUT2D eigenvalue weighted by Crippen LogP contribution is -2.46. The van der Waals surface area contributed by atoms with E-state index in [1.54, 1.807) is 30.5 Å². The van der Waals surface area contributed by atoms with Crippen molar-refractivity contribution in [3.8, 4) is 17.0 Å². The number of carbonyl (C=O) groups excluding carboxylic acids is 1. The molecule has 0 spiro atoms. The summed E-state index contributed by atoms with van der Waals surface area (Å²) < 4.78 is 19.5. The van der Waals surface area contributed by atoms with E-state index < -0.39 is 0 Å². The molecular formula is C31H27Cl2FN2O2. The van der Waals surface area contributed by atoms with Crippen LogP contribution in [0.1, 0.15) is 35.2 Å². The summed E-state index contributed by atoms with van der Waals surface area (Å²) in [6.07, 6.45) is 2.22. The molecule has 3 aromatic carbocycles. The van der Waals surface area contributed by atoms with Crippen molar-refractivity contribution in [3.05, 3.63) is 118 Å². The monoisotopic (exact) mass is 548 g/mol. The molecule has 4 aromatic rings. The van der Waals surface area contributed by atoms with Crippen LogP contribution in [-0.4, -0.2) is 35.0 Å². The molecule has 1 aromatic heterocycles. The van der Waals surface area contributed by atoms with Crippen molar-refractivity contribution >= 4 is 29.1 Å². The van der Waals surface area contributed by atoms with Gasteiger partial charge in [0.15, 0.2) is 0 Å². The van der Waals surface area contributed by atoms with Crippen molar-refractivity contribution in [1.82, 2.24) is 9.88 Å². The van der Waals surface area contributed by atoms with E-state index >= 15 is 0 Å². The molecule has 0 radical (unpaired) electrons. The third-order valence-electron chi connectivity index (χ3n) is 7.17. The molecule has 5 rings (SSSR count). The van der Waals surface area contributed by atoms with E-state index in [0.29, 0.717) is 34.6 Å². The van der Waals surface area contributed by atoms with Crippen LogP contribution in [0.25, 0.3) is 11.1 Å². The van der Waals surface area contributed by atoms with Gasteiger partial charge in [-0.2, -0.15) is 0 Å². The fourth-order valence-corrected chi connectivity index (χ4v) is 5.36. The van der Waals surface area contributed by atoms with Crippen molar-refractivity contribution < 1.29 is 13.9 Å². The van der Waals surface area contributed by atoms with Crippen LogP contribution in [-0.2, 0) is 0 Å². The fraction of sp³-hybridized carbons (Fsp3) is 0.226. The molecule has 38 heavy (non-hydrogen) atoms. The van der Waals surface area contributed by atoms with Crippen LogP contribution in [0.4, 0.5) is 4.39 Å². The van der Waals surface area contributed by atoms with Gasteiger partial charge >= 0.3 is 0 Å². The summed E-state index contributed by atoms with van der Waals surface area (Å²) in [6.45, 7) is 3.23. The highest BCUT2D eigenvalue weighted by molar-refractivity contribution is 6.30. The number of halogens is 3. The molecule has 3 unspecified atom stereocenters. The Labute approximate surface area is 232 Å². The minimum absolute atomic E-state index is 0.0130. The van der Waals surface area contributed by atoms with Gasteiger partial charge in [0.1, 0.15) is 11.9 Å². The largest absolute Gasteiger partial charge is 0.474 e. The predicted molar refractivity (Wildman–Crippen MR) is 149 cm³/mol. The van der Waals surface area contributed by atoms with Gasteiger partial charge in [-0.15, -0.1) is 0 Å². The molecule has 0 bridgehead atoms. The first-order valence-corrected chi connectivity index (χ1v) is 13.3. The van der Waals surface area contributed by atoms with Gasteiger partial charge in [0.2, 0.25) is 5.88 Å². The van der Waals surface area contributed by atoms with Crippen molar-refractivity contribution in [3.63, 3.8) is 0 Å². The van der Waals surface area contributed by atoms with E-state index in [9.17, 15) is 9.18 Å². The van der Waals surface area contributed by atoms with Crippen molar-refractivity contribution in [2.45, 2.75) is 25.4 Å². The van der Waals surface area contributed by atoms with Crippen LogP contribution in [0, 0.1) is 11.7 Å². The maximum absolute atomic E-state index is 13.5. The molecule has 7 heteroatoms. The number of likely N-dealkylation sites (tertiary alicyclic amines) is 1. The lowest BCUT2D eigenvalue weighted by Gasteiger charge is -2.41. The summed E-state index contributed by atoms with van der Waals surface area (Å²) in [6, 6.07) is 25.2. The Bertz CT molecular complexity index is 1380. The summed E-state index contributed by atoms with van der Waals surface area (Å²) in [5.74, 6) is 0.463. The molecule has 0 saturated carbocycles. The second-order valence-corrected chi connectivity index (χ2v) is 10.5. The number of piperidine rings is 1. The standard InChI is InChI=1S/C31H27Cl2FN2O2/c1-20(38-30-15-12-26(33)18-35-30)28-16-17-36(19-29(28)23-6-10-25(32)11-7-23)31(37)24-4-2-21(3-5-24)22-8-13-27(34)14-9-22/h2-15,18,20,28-29H,16-17,19H2,1H3. The Hall–Kier alpha value is -3.41. The summed E-state index contributed by atoms with van der Waals surface area (Å²) in [5.41, 5.74) is 3.57. The van der Waals surface area contributed by atoms with Gasteiger partial charge in [0.25, 0.3) is 5.91 Å². The molecule has 1 amide bonds. The zero-order valence-electron chi connectivity index (χ0n) is 20.9. The van der Waals surface area contributed by atoms with Gasteiger partial charge in [-0.3, -0.25) is 4.79 Å². The quantitative estimate of drug-likeness (QED) is 0.246. The number of carbonyl (C=O) groups is 1. The second-order valence-electron chi connectivity index (χ2n) is 9.58. The Morgan fingerprint density at radius 3 is 2.18 bits per heavy atom. The molecule has 194 valence electrons. The summed E-state index contributed by atoms with van der Waals surface area (Å²) in [7, 11) is 0. The summed E-state index contributed by atoms with van der Waals surface area (Å²) in [4.78, 5) is 19.7. The average molecular weight is 549 g/mol. The highest BCUT2D eigenvalue weighted by atomic mass is 35.5. The normalized spacial score (nSPS) is 18.2. The first-order valence-electron chi connectivity index (χ1n) is 12.6. The maximum atomic E-state index is 13.5. The molecule has 2 heterocycles. The van der Waals surface area contributed by atoms with Crippen LogP contribution in [0.3, 0.4) is 0 Å². The maximum Gasteiger partial charge on any atom is 0.253 e. The van der Waals surface area contributed by atoms with Gasteiger partial charge in [0, 0.05) is 47.8 Å². The van der Waals surface area contributed by atoms with Gasteiger partial charge in [-0.05, 0) is 72.5 Å². The highest BCUT2D eigenvalue weighted by Gasteiger charge is 2.37. The lowest BCUT2D eigenvalue weighted by molar-refractivity contribution is 0.0484. The number of ether oxygens (including phenoxy) is 1. The van der Waals surface area contributed by atoms with E-state index in [-0.39, 0.29) is 29.7 Å². The molecule has 3 atom stereocenters. The molecule has 0 N–H and O–H groups in total. The Morgan fingerprint density at radius 2 is 1.55 bits per heavy atom. The number of hydrogen-bond donors (Lipinski definition) is 0. The predicted octanol–water partition coefficient (Wildman–Crippen LogP) is 7.91. The summed E-state index contributed by atoms with van der Waals surface area (Å²) in [5, 5.41) is 1.23. The van der Waals surface area contributed by atoms with Crippen molar-refractivity contribution in [2.75, 3.05) is 13.1 Å². The Morgan fingerprint density at radius 1 is 0.921 bits per heavy atom. The second kappa shape index (κ2) is 11.5. The third-order valence-corrected chi connectivity index (χ3v) is 7.65. The summed E-state index contributed by atoms with van der Waals surface area (Å²) >= 11 is 12.1. The van der Waals surface area contributed by atoms with E-state index in [1.807, 2.05) is 53.4 Å². The molecule has 4 nitrogen and oxygen atoms in total. The lowest BCUT2D eigenvalue weighted by atomic mass is 9.77. The number of pyridine rings is 1. The van der Waals surface area contributed by atoms with Gasteiger partial charge < -0.3 is 9.64 Å². The number of aromatic nitrogens is 1. The zero-order valence-corrected chi connectivity index (χ0v) is 22.4. The van der Waals surface area contributed by atoms with E-state index in [2.05, 4.69) is 11.9 Å². The first kappa shape index (κ1) is 26.2. The number of nitrogens with zero attached hydrogens (tertiary/aromatic N) is 2. The van der Waals surface area contributed by atoms with Crippen LogP contribution in [0.5, 0.6) is 5.88 Å². The van der Waals surface area contributed by atoms with Crippen LogP contribution in [0.2, 0.25) is 10.0 Å². The smallest absolute Gasteiger partial charge is 0.253 e. The highest BCUT2D eigenvalue weighted by Crippen LogP contribution is 2.37. The SMILES string of the molecule is CC(Oc1ccc(Cl)cn1)C1CCN(C(=O)c2ccc(-c3ccc(F)cc3)cc2)CC1c1ccc(Cl)cc1. The topological polar surface area (TPSA) is 42.4 Å². The average Bonchev–Trinajstić information content (AvgIpc) is 2.94.